The van der Waals surface area contributed by atoms with Gasteiger partial charge in [-0.05, 0) is 49.0 Å². The van der Waals surface area contributed by atoms with Crippen LogP contribution in [0.2, 0.25) is 5.02 Å². The number of ether oxygens (including phenoxy) is 1. The monoisotopic (exact) mass is 488 g/mol. The normalized spacial score (nSPS) is 13.6. The molecule has 2 aromatic heterocycles. The second-order valence-electron chi connectivity index (χ2n) is 7.70. The number of rotatable bonds is 5. The molecule has 2 N–H and O–H groups in total. The zero-order valence-electron chi connectivity index (χ0n) is 17.8. The molecule has 6 nitrogen and oxygen atoms in total. The number of anilines is 2. The summed E-state index contributed by atoms with van der Waals surface area (Å²) in [6.45, 7) is 0.604. The van der Waals surface area contributed by atoms with Crippen molar-refractivity contribution >= 4 is 57.1 Å². The van der Waals surface area contributed by atoms with Gasteiger partial charge in [-0.3, -0.25) is 4.68 Å². The SMILES string of the molecule is COC(=O)c1c(NC(=S)Nc2nn(Cc3ccccc3)cc2Cl)sc2c1CCCCCC2. The first-order valence-corrected chi connectivity index (χ1v) is 12.2. The third kappa shape index (κ3) is 5.31. The summed E-state index contributed by atoms with van der Waals surface area (Å²) in [7, 11) is 1.41. The number of nitrogens with zero attached hydrogens (tertiary/aromatic N) is 2. The standard InChI is InChI=1S/C23H25ClN4O2S2/c1-30-22(29)19-16-11-7-2-3-8-12-18(16)32-21(19)26-23(31)25-20-17(24)14-28(27-20)13-15-9-5-4-6-10-15/h4-6,9-10,14H,2-3,7-8,11-13H2,1H3,(H2,25,26,27,31). The molecule has 0 saturated heterocycles. The first kappa shape index (κ1) is 22.8. The van der Waals surface area contributed by atoms with Gasteiger partial charge in [-0.1, -0.05) is 54.8 Å². The molecular formula is C23H25ClN4O2S2. The molecule has 9 heteroatoms. The molecule has 1 aromatic carbocycles. The van der Waals surface area contributed by atoms with Gasteiger partial charge in [-0.15, -0.1) is 11.3 Å². The first-order chi connectivity index (χ1) is 15.5. The molecule has 4 rings (SSSR count). The van der Waals surface area contributed by atoms with E-state index in [2.05, 4.69) is 15.7 Å². The molecule has 1 aliphatic carbocycles. The maximum Gasteiger partial charge on any atom is 0.341 e. The van der Waals surface area contributed by atoms with Crippen LogP contribution in [-0.2, 0) is 24.1 Å². The summed E-state index contributed by atoms with van der Waals surface area (Å²) >= 11 is 13.5. The number of carbonyl (C=O) groups is 1. The van der Waals surface area contributed by atoms with Gasteiger partial charge in [0, 0.05) is 11.1 Å². The molecule has 0 spiro atoms. The minimum absolute atomic E-state index is 0.330. The van der Waals surface area contributed by atoms with Crippen LogP contribution >= 0.6 is 35.2 Å². The highest BCUT2D eigenvalue weighted by Gasteiger charge is 2.25. The molecule has 32 heavy (non-hydrogen) atoms. The molecule has 168 valence electrons. The fourth-order valence-electron chi connectivity index (χ4n) is 3.90. The van der Waals surface area contributed by atoms with E-state index < -0.39 is 0 Å². The molecule has 0 aliphatic heterocycles. The largest absolute Gasteiger partial charge is 0.465 e. The van der Waals surface area contributed by atoms with Crippen LogP contribution in [0, 0.1) is 0 Å². The highest BCUT2D eigenvalue weighted by atomic mass is 35.5. The number of benzene rings is 1. The molecule has 3 aromatic rings. The number of esters is 1. The van der Waals surface area contributed by atoms with Gasteiger partial charge in [-0.2, -0.15) is 5.10 Å². The minimum Gasteiger partial charge on any atom is -0.465 e. The number of aryl methyl sites for hydroxylation is 1. The molecule has 0 amide bonds. The lowest BCUT2D eigenvalue weighted by molar-refractivity contribution is 0.0601. The van der Waals surface area contributed by atoms with E-state index in [1.165, 1.54) is 24.8 Å². The summed E-state index contributed by atoms with van der Waals surface area (Å²) in [5.41, 5.74) is 2.81. The van der Waals surface area contributed by atoms with Gasteiger partial charge in [0.15, 0.2) is 10.9 Å². The molecule has 0 fully saturated rings. The molecule has 2 heterocycles. The molecule has 0 radical (unpaired) electrons. The number of hydrogen-bond acceptors (Lipinski definition) is 5. The second-order valence-corrected chi connectivity index (χ2v) is 9.62. The minimum atomic E-state index is -0.335. The number of thiophene rings is 1. The Morgan fingerprint density at radius 3 is 2.69 bits per heavy atom. The third-order valence-corrected chi connectivity index (χ3v) is 7.11. The highest BCUT2D eigenvalue weighted by Crippen LogP contribution is 2.37. The Bertz CT molecular complexity index is 1110. The molecular weight excluding hydrogens is 464 g/mol. The molecule has 0 atom stereocenters. The zero-order valence-corrected chi connectivity index (χ0v) is 20.2. The van der Waals surface area contributed by atoms with E-state index in [0.29, 0.717) is 33.1 Å². The number of halogens is 1. The Balaban J connectivity index is 1.51. The Kier molecular flexibility index (Phi) is 7.44. The van der Waals surface area contributed by atoms with Gasteiger partial charge in [-0.25, -0.2) is 4.79 Å². The van der Waals surface area contributed by atoms with Crippen LogP contribution in [0.3, 0.4) is 0 Å². The van der Waals surface area contributed by atoms with Crippen LogP contribution < -0.4 is 10.6 Å². The van der Waals surface area contributed by atoms with Gasteiger partial charge in [0.2, 0.25) is 0 Å². The quantitative estimate of drug-likeness (QED) is 0.344. The van der Waals surface area contributed by atoms with E-state index in [4.69, 9.17) is 28.6 Å². The van der Waals surface area contributed by atoms with Gasteiger partial charge in [0.05, 0.1) is 19.2 Å². The number of nitrogens with one attached hydrogen (secondary N) is 2. The summed E-state index contributed by atoms with van der Waals surface area (Å²) in [5.74, 6) is 0.133. The fraction of sp³-hybridized carbons (Fsp3) is 0.348. The lowest BCUT2D eigenvalue weighted by atomic mass is 9.96. The lowest BCUT2D eigenvalue weighted by Crippen LogP contribution is -2.21. The molecule has 1 aliphatic rings. The fourth-order valence-corrected chi connectivity index (χ4v) is 5.64. The van der Waals surface area contributed by atoms with E-state index in [1.54, 1.807) is 22.2 Å². The van der Waals surface area contributed by atoms with Crippen LogP contribution in [0.5, 0.6) is 0 Å². The molecule has 0 unspecified atom stereocenters. The summed E-state index contributed by atoms with van der Waals surface area (Å²) in [4.78, 5) is 13.8. The van der Waals surface area contributed by atoms with E-state index in [-0.39, 0.29) is 5.97 Å². The summed E-state index contributed by atoms with van der Waals surface area (Å²) in [5, 5.41) is 12.3. The van der Waals surface area contributed by atoms with Gasteiger partial charge < -0.3 is 15.4 Å². The average Bonchev–Trinajstić information content (AvgIpc) is 3.27. The summed E-state index contributed by atoms with van der Waals surface area (Å²) in [6.07, 6.45) is 8.22. The number of fused-ring (bicyclic) bond motifs is 1. The van der Waals surface area contributed by atoms with Crippen molar-refractivity contribution in [2.75, 3.05) is 17.7 Å². The molecule has 0 saturated carbocycles. The number of hydrogen-bond donors (Lipinski definition) is 2. The van der Waals surface area contributed by atoms with Crippen molar-refractivity contribution in [2.24, 2.45) is 0 Å². The summed E-state index contributed by atoms with van der Waals surface area (Å²) < 4.78 is 6.84. The Hall–Kier alpha value is -2.42. The Morgan fingerprint density at radius 1 is 1.19 bits per heavy atom. The van der Waals surface area contributed by atoms with Gasteiger partial charge >= 0.3 is 5.97 Å². The van der Waals surface area contributed by atoms with Crippen LogP contribution in [0.15, 0.2) is 36.5 Å². The third-order valence-electron chi connectivity index (χ3n) is 5.42. The first-order valence-electron chi connectivity index (χ1n) is 10.6. The van der Waals surface area contributed by atoms with Crippen molar-refractivity contribution in [1.29, 1.82) is 0 Å². The highest BCUT2D eigenvalue weighted by molar-refractivity contribution is 7.80. The predicted molar refractivity (Wildman–Crippen MR) is 134 cm³/mol. The second kappa shape index (κ2) is 10.5. The predicted octanol–water partition coefficient (Wildman–Crippen LogP) is 5.90. The number of aromatic nitrogens is 2. The van der Waals surface area contributed by atoms with Crippen LogP contribution in [0.1, 0.15) is 52.0 Å². The zero-order chi connectivity index (χ0) is 22.5. The van der Waals surface area contributed by atoms with Gasteiger partial charge in [0.25, 0.3) is 0 Å². The Labute approximate surface area is 201 Å². The van der Waals surface area contributed by atoms with Crippen molar-refractivity contribution in [3.63, 3.8) is 0 Å². The van der Waals surface area contributed by atoms with Gasteiger partial charge in [0.1, 0.15) is 10.0 Å². The van der Waals surface area contributed by atoms with Crippen molar-refractivity contribution in [1.82, 2.24) is 9.78 Å². The number of thiocarbonyl (C=S) groups is 1. The Morgan fingerprint density at radius 2 is 1.94 bits per heavy atom. The van der Waals surface area contributed by atoms with E-state index in [0.717, 1.165) is 36.8 Å². The van der Waals surface area contributed by atoms with Crippen molar-refractivity contribution in [3.8, 4) is 0 Å². The van der Waals surface area contributed by atoms with E-state index in [9.17, 15) is 4.79 Å². The van der Waals surface area contributed by atoms with Crippen molar-refractivity contribution in [2.45, 2.75) is 45.1 Å². The smallest absolute Gasteiger partial charge is 0.341 e. The van der Waals surface area contributed by atoms with Crippen molar-refractivity contribution in [3.05, 3.63) is 63.1 Å². The maximum absolute atomic E-state index is 12.6. The average molecular weight is 489 g/mol. The van der Waals surface area contributed by atoms with E-state index >= 15 is 0 Å². The van der Waals surface area contributed by atoms with Crippen molar-refractivity contribution < 1.29 is 9.53 Å². The molecule has 0 bridgehead atoms. The topological polar surface area (TPSA) is 68.2 Å². The maximum atomic E-state index is 12.6. The van der Waals surface area contributed by atoms with Crippen LogP contribution in [0.4, 0.5) is 10.8 Å². The summed E-state index contributed by atoms with van der Waals surface area (Å²) in [6, 6.07) is 10.0. The van der Waals surface area contributed by atoms with Crippen LogP contribution in [0.25, 0.3) is 0 Å². The number of methoxy groups -OCH3 is 1. The lowest BCUT2D eigenvalue weighted by Gasteiger charge is -2.11. The number of carbonyl (C=O) groups excluding carboxylic acids is 1. The van der Waals surface area contributed by atoms with Crippen LogP contribution in [-0.4, -0.2) is 28.0 Å². The van der Waals surface area contributed by atoms with E-state index in [1.807, 2.05) is 30.3 Å².